The van der Waals surface area contributed by atoms with Crippen LogP contribution in [0.25, 0.3) is 0 Å². The first kappa shape index (κ1) is 20.5. The van der Waals surface area contributed by atoms with E-state index in [9.17, 15) is 4.79 Å². The minimum atomic E-state index is -0.457. The first-order chi connectivity index (χ1) is 9.30. The van der Waals surface area contributed by atoms with Crippen LogP contribution in [0.4, 0.5) is 4.79 Å². The monoisotopic (exact) mass is 366 g/mol. The third-order valence-electron chi connectivity index (χ3n) is 2.93. The number of nitrogens with one attached hydrogen (secondary N) is 1. The maximum atomic E-state index is 11.6. The van der Waals surface area contributed by atoms with Crippen molar-refractivity contribution in [2.24, 2.45) is 5.92 Å². The summed E-state index contributed by atoms with van der Waals surface area (Å²) in [5.41, 5.74) is 1.59. The maximum absolute atomic E-state index is 11.6. The van der Waals surface area contributed by atoms with Crippen LogP contribution in [0, 0.1) is 18.9 Å². The van der Waals surface area contributed by atoms with Crippen molar-refractivity contribution >= 4 is 6.09 Å². The molecule has 4 nitrogen and oxygen atoms in total. The van der Waals surface area contributed by atoms with Crippen LogP contribution in [0.2, 0.25) is 0 Å². The molecule has 0 saturated heterocycles. The number of aryl methyl sites for hydroxylation is 1. The Balaban J connectivity index is 0.00000400. The molecule has 1 amide bonds. The van der Waals surface area contributed by atoms with Gasteiger partial charge in [0.2, 0.25) is 0 Å². The van der Waals surface area contributed by atoms with Crippen LogP contribution >= 0.6 is 0 Å². The van der Waals surface area contributed by atoms with Crippen LogP contribution in [0.1, 0.15) is 45.4 Å². The van der Waals surface area contributed by atoms with Crippen molar-refractivity contribution in [3.05, 3.63) is 29.6 Å². The Morgan fingerprint density at radius 1 is 1.48 bits per heavy atom. The summed E-state index contributed by atoms with van der Waals surface area (Å²) in [7, 11) is 0. The number of ether oxygens (including phenoxy) is 1. The molecule has 21 heavy (non-hydrogen) atoms. The van der Waals surface area contributed by atoms with E-state index in [2.05, 4.69) is 23.3 Å². The summed E-state index contributed by atoms with van der Waals surface area (Å²) in [6.07, 6.45) is 3.39. The fraction of sp³-hybridized carbons (Fsp3) is 0.625. The van der Waals surface area contributed by atoms with E-state index in [-0.39, 0.29) is 38.8 Å². The Kier molecular flexibility index (Phi) is 9.31. The van der Waals surface area contributed by atoms with Gasteiger partial charge in [-0.2, -0.15) is 5.56 Å². The number of aromatic nitrogens is 1. The van der Waals surface area contributed by atoms with Gasteiger partial charge < -0.3 is 15.0 Å². The number of pyridine rings is 1. The third-order valence-corrected chi connectivity index (χ3v) is 2.93. The summed E-state index contributed by atoms with van der Waals surface area (Å²) in [6, 6.07) is 5.07. The first-order valence-corrected chi connectivity index (χ1v) is 7.10. The van der Waals surface area contributed by atoms with Gasteiger partial charge in [0.15, 0.2) is 0 Å². The fourth-order valence-corrected chi connectivity index (χ4v) is 1.80. The van der Waals surface area contributed by atoms with Crippen molar-refractivity contribution in [1.82, 2.24) is 10.3 Å². The van der Waals surface area contributed by atoms with Gasteiger partial charge in [-0.15, -0.1) is 0 Å². The predicted octanol–water partition coefficient (Wildman–Crippen LogP) is 3.28. The molecule has 0 bridgehead atoms. The van der Waals surface area contributed by atoms with Crippen LogP contribution in [0.3, 0.4) is 0 Å². The standard InChI is InChI=1S/C16H25N2O2.Y/c1-6-13(9-14-8-7-12(2)17-11-14)10-18-15(19)20-16(3,4)5;/h8,11,13H,6,9-10H2,1-5H3,(H,18,19);/q-1;. The molecule has 1 heterocycles. The number of rotatable bonds is 5. The Hall–Kier alpha value is -0.476. The van der Waals surface area contributed by atoms with Gasteiger partial charge in [-0.25, -0.2) is 16.9 Å². The molecule has 1 unspecified atom stereocenters. The molecule has 1 aromatic heterocycles. The van der Waals surface area contributed by atoms with Crippen LogP contribution in [-0.2, 0) is 43.9 Å². The van der Waals surface area contributed by atoms with Crippen molar-refractivity contribution in [2.45, 2.75) is 53.1 Å². The van der Waals surface area contributed by atoms with Crippen molar-refractivity contribution in [2.75, 3.05) is 6.54 Å². The molecule has 0 aliphatic rings. The topological polar surface area (TPSA) is 51.2 Å². The summed E-state index contributed by atoms with van der Waals surface area (Å²) in [6.45, 7) is 10.2. The van der Waals surface area contributed by atoms with Crippen LogP contribution in [0.5, 0.6) is 0 Å². The van der Waals surface area contributed by atoms with Crippen LogP contribution in [-0.4, -0.2) is 23.2 Å². The fourth-order valence-electron chi connectivity index (χ4n) is 1.80. The number of carbonyl (C=O) groups excluding carboxylic acids is 1. The van der Waals surface area contributed by atoms with Gasteiger partial charge >= 0.3 is 6.09 Å². The minimum Gasteiger partial charge on any atom is -0.444 e. The summed E-state index contributed by atoms with van der Waals surface area (Å²) in [5, 5.41) is 2.83. The van der Waals surface area contributed by atoms with E-state index in [4.69, 9.17) is 4.74 Å². The van der Waals surface area contributed by atoms with Crippen molar-refractivity contribution in [3.63, 3.8) is 0 Å². The molecule has 1 aromatic rings. The van der Waals surface area contributed by atoms with Crippen LogP contribution < -0.4 is 5.32 Å². The van der Waals surface area contributed by atoms with E-state index in [0.29, 0.717) is 12.5 Å². The number of alkyl carbamates (subject to hydrolysis) is 1. The molecule has 115 valence electrons. The second kappa shape index (κ2) is 9.52. The second-order valence-corrected chi connectivity index (χ2v) is 6.07. The Bertz CT molecular complexity index is 427. The molecule has 0 fully saturated rings. The second-order valence-electron chi connectivity index (χ2n) is 6.07. The van der Waals surface area contributed by atoms with E-state index in [1.54, 1.807) is 0 Å². The van der Waals surface area contributed by atoms with Crippen LogP contribution in [0.15, 0.2) is 12.3 Å². The average molecular weight is 366 g/mol. The number of nitrogens with zero attached hydrogens (tertiary/aromatic N) is 1. The first-order valence-electron chi connectivity index (χ1n) is 7.10. The Labute approximate surface area is 153 Å². The van der Waals surface area contributed by atoms with E-state index in [1.165, 1.54) is 0 Å². The summed E-state index contributed by atoms with van der Waals surface area (Å²) in [5.74, 6) is 0.375. The molecular weight excluding hydrogens is 341 g/mol. The normalized spacial score (nSPS) is 12.2. The molecule has 1 N–H and O–H groups in total. The zero-order valence-corrected chi connectivity index (χ0v) is 16.5. The summed E-state index contributed by atoms with van der Waals surface area (Å²) in [4.78, 5) is 15.9. The van der Waals surface area contributed by atoms with Gasteiger partial charge in [-0.3, -0.25) is 0 Å². The Morgan fingerprint density at radius 2 is 2.14 bits per heavy atom. The van der Waals surface area contributed by atoms with Gasteiger partial charge in [0.05, 0.1) is 0 Å². The largest absolute Gasteiger partial charge is 0.444 e. The molecule has 1 atom stereocenters. The average Bonchev–Trinajstić information content (AvgIpc) is 2.34. The predicted molar refractivity (Wildman–Crippen MR) is 79.5 cm³/mol. The zero-order chi connectivity index (χ0) is 15.2. The summed E-state index contributed by atoms with van der Waals surface area (Å²) >= 11 is 0. The number of hydrogen-bond donors (Lipinski definition) is 1. The van der Waals surface area contributed by atoms with E-state index >= 15 is 0 Å². The maximum Gasteiger partial charge on any atom is 0.407 e. The molecule has 5 heteroatoms. The quantitative estimate of drug-likeness (QED) is 0.814. The van der Waals surface area contributed by atoms with Gasteiger partial charge in [0, 0.05) is 39.3 Å². The van der Waals surface area contributed by atoms with Gasteiger partial charge in [0.1, 0.15) is 5.60 Å². The molecule has 0 aliphatic heterocycles. The minimum absolute atomic E-state index is 0. The number of carbonyl (C=O) groups is 1. The zero-order valence-electron chi connectivity index (χ0n) is 13.7. The van der Waals surface area contributed by atoms with E-state index in [0.717, 1.165) is 24.1 Å². The molecule has 0 aromatic carbocycles. The molecule has 1 rings (SSSR count). The van der Waals surface area contributed by atoms with Gasteiger partial charge in [-0.1, -0.05) is 31.7 Å². The third kappa shape index (κ3) is 9.20. The molecule has 0 spiro atoms. The smallest absolute Gasteiger partial charge is 0.407 e. The molecular formula is C16H25N2O2Y-. The summed E-state index contributed by atoms with van der Waals surface area (Å²) < 4.78 is 5.23. The molecule has 0 saturated carbocycles. The molecule has 1 radical (unpaired) electrons. The van der Waals surface area contributed by atoms with Crippen molar-refractivity contribution < 1.29 is 42.2 Å². The van der Waals surface area contributed by atoms with E-state index < -0.39 is 5.60 Å². The van der Waals surface area contributed by atoms with Gasteiger partial charge in [0.25, 0.3) is 0 Å². The molecule has 0 aliphatic carbocycles. The van der Waals surface area contributed by atoms with Gasteiger partial charge in [-0.05, 0) is 33.6 Å². The van der Waals surface area contributed by atoms with Crippen molar-refractivity contribution in [3.8, 4) is 0 Å². The van der Waals surface area contributed by atoms with Crippen molar-refractivity contribution in [1.29, 1.82) is 0 Å². The SMILES string of the molecule is CCC(CNC(=O)OC(C)(C)C)Cc1c[c-]c(C)nc1.[Y]. The number of hydrogen-bond acceptors (Lipinski definition) is 3. The van der Waals surface area contributed by atoms with E-state index in [1.807, 2.05) is 40.0 Å². The number of amides is 1. The Morgan fingerprint density at radius 3 is 2.62 bits per heavy atom.